The van der Waals surface area contributed by atoms with Crippen LogP contribution < -0.4 is 0 Å². The molecule has 0 aromatic rings. The molecular weight excluding hydrogens is 328 g/mol. The summed E-state index contributed by atoms with van der Waals surface area (Å²) >= 11 is 0. The molecule has 1 unspecified atom stereocenters. The number of carbonyl (C=O) groups excluding carboxylic acids is 3. The first-order valence-electron chi connectivity index (χ1n) is 9.15. The molecule has 0 aromatic heterocycles. The minimum Gasteiger partial charge on any atom is -0.458 e. The predicted molar refractivity (Wildman–Crippen MR) is 89.5 cm³/mol. The molecule has 7 heteroatoms. The van der Waals surface area contributed by atoms with Gasteiger partial charge >= 0.3 is 17.9 Å². The summed E-state index contributed by atoms with van der Waals surface area (Å²) in [6.07, 6.45) is 0.253. The molecule has 0 aromatic carbocycles. The van der Waals surface area contributed by atoms with Gasteiger partial charge < -0.3 is 18.9 Å². The summed E-state index contributed by atoms with van der Waals surface area (Å²) in [6, 6.07) is 0. The standard InChI is InChI=1S/C18H30O7/c1-5-8-14(19)23-13-11-17(24-15(20)9-6-2)22-12(4)18(13)25-16(21)10-7-3/h12-13,17-18H,5-11H2,1-4H3/t12-,13-,17?,18+/m0/s1. The van der Waals surface area contributed by atoms with Crippen molar-refractivity contribution >= 4 is 17.9 Å². The van der Waals surface area contributed by atoms with E-state index >= 15 is 0 Å². The van der Waals surface area contributed by atoms with Crippen LogP contribution in [-0.4, -0.2) is 42.5 Å². The van der Waals surface area contributed by atoms with Gasteiger partial charge in [0.25, 0.3) is 0 Å². The summed E-state index contributed by atoms with van der Waals surface area (Å²) in [7, 11) is 0. The molecule has 1 rings (SSSR count). The van der Waals surface area contributed by atoms with E-state index in [1.54, 1.807) is 6.92 Å². The summed E-state index contributed by atoms with van der Waals surface area (Å²) in [5.74, 6) is -1.09. The van der Waals surface area contributed by atoms with E-state index in [2.05, 4.69) is 0 Å². The molecule has 0 aliphatic carbocycles. The summed E-state index contributed by atoms with van der Waals surface area (Å²) in [5.41, 5.74) is 0. The fraction of sp³-hybridized carbons (Fsp3) is 0.833. The van der Waals surface area contributed by atoms with Crippen LogP contribution in [0.4, 0.5) is 0 Å². The Kier molecular flexibility index (Phi) is 9.49. The SMILES string of the molecule is CCCC(=O)OC1C[C@H](OC(=O)CCC)[C@H](OC(=O)CCC)[C@H](C)O1. The molecule has 0 bridgehead atoms. The first-order chi connectivity index (χ1) is 11.9. The van der Waals surface area contributed by atoms with Crippen LogP contribution in [-0.2, 0) is 33.3 Å². The van der Waals surface area contributed by atoms with Crippen LogP contribution in [0.2, 0.25) is 0 Å². The van der Waals surface area contributed by atoms with Gasteiger partial charge in [-0.3, -0.25) is 14.4 Å². The maximum absolute atomic E-state index is 11.9. The van der Waals surface area contributed by atoms with Gasteiger partial charge in [-0.15, -0.1) is 0 Å². The first-order valence-corrected chi connectivity index (χ1v) is 9.15. The summed E-state index contributed by atoms with van der Waals surface area (Å²) in [4.78, 5) is 35.4. The first kappa shape index (κ1) is 21.4. The molecule has 1 fully saturated rings. The number of hydrogen-bond donors (Lipinski definition) is 0. The van der Waals surface area contributed by atoms with Gasteiger partial charge in [0.05, 0.1) is 12.5 Å². The third-order valence-corrected chi connectivity index (χ3v) is 3.80. The Morgan fingerprint density at radius 3 is 1.84 bits per heavy atom. The molecule has 0 amide bonds. The van der Waals surface area contributed by atoms with E-state index in [-0.39, 0.29) is 37.2 Å². The Hall–Kier alpha value is -1.63. The Bertz CT molecular complexity index is 449. The van der Waals surface area contributed by atoms with E-state index in [4.69, 9.17) is 18.9 Å². The number of hydrogen-bond acceptors (Lipinski definition) is 7. The van der Waals surface area contributed by atoms with Gasteiger partial charge in [-0.1, -0.05) is 20.8 Å². The molecule has 25 heavy (non-hydrogen) atoms. The fourth-order valence-corrected chi connectivity index (χ4v) is 2.62. The van der Waals surface area contributed by atoms with E-state index in [1.165, 1.54) is 0 Å². The van der Waals surface area contributed by atoms with Crippen LogP contribution in [0.25, 0.3) is 0 Å². The zero-order valence-corrected chi connectivity index (χ0v) is 15.6. The molecule has 0 N–H and O–H groups in total. The lowest BCUT2D eigenvalue weighted by Gasteiger charge is -2.38. The highest BCUT2D eigenvalue weighted by Crippen LogP contribution is 2.27. The molecule has 1 heterocycles. The van der Waals surface area contributed by atoms with E-state index in [1.807, 2.05) is 20.8 Å². The fourth-order valence-electron chi connectivity index (χ4n) is 2.62. The van der Waals surface area contributed by atoms with Crippen molar-refractivity contribution in [3.05, 3.63) is 0 Å². The molecule has 1 aliphatic rings. The quantitative estimate of drug-likeness (QED) is 0.462. The lowest BCUT2D eigenvalue weighted by Crippen LogP contribution is -2.51. The molecule has 0 radical (unpaired) electrons. The average Bonchev–Trinajstić information content (AvgIpc) is 2.51. The molecule has 0 spiro atoms. The summed E-state index contributed by atoms with van der Waals surface area (Å²) in [5, 5.41) is 0. The molecule has 1 aliphatic heterocycles. The van der Waals surface area contributed by atoms with Crippen molar-refractivity contribution in [1.82, 2.24) is 0 Å². The van der Waals surface area contributed by atoms with Crippen LogP contribution in [0.3, 0.4) is 0 Å². The van der Waals surface area contributed by atoms with Crippen molar-refractivity contribution in [3.8, 4) is 0 Å². The van der Waals surface area contributed by atoms with Crippen LogP contribution >= 0.6 is 0 Å². The van der Waals surface area contributed by atoms with Crippen molar-refractivity contribution in [3.63, 3.8) is 0 Å². The minimum absolute atomic E-state index is 0.152. The lowest BCUT2D eigenvalue weighted by molar-refractivity contribution is -0.251. The van der Waals surface area contributed by atoms with Crippen molar-refractivity contribution in [2.75, 3.05) is 0 Å². The second kappa shape index (κ2) is 11.1. The zero-order valence-electron chi connectivity index (χ0n) is 15.6. The molecule has 1 saturated heterocycles. The van der Waals surface area contributed by atoms with Crippen molar-refractivity contribution in [1.29, 1.82) is 0 Å². The van der Waals surface area contributed by atoms with Crippen molar-refractivity contribution in [2.24, 2.45) is 0 Å². The molecule has 0 saturated carbocycles. The number of rotatable bonds is 9. The monoisotopic (exact) mass is 358 g/mol. The normalized spacial score (nSPS) is 25.9. The van der Waals surface area contributed by atoms with E-state index in [0.29, 0.717) is 25.7 Å². The molecule has 7 nitrogen and oxygen atoms in total. The molecule has 4 atom stereocenters. The van der Waals surface area contributed by atoms with Crippen molar-refractivity contribution in [2.45, 2.75) is 97.2 Å². The van der Waals surface area contributed by atoms with Gasteiger partial charge in [0.2, 0.25) is 6.29 Å². The Balaban J connectivity index is 2.78. The zero-order chi connectivity index (χ0) is 18.8. The third-order valence-electron chi connectivity index (χ3n) is 3.80. The maximum atomic E-state index is 11.9. The highest BCUT2D eigenvalue weighted by atomic mass is 16.7. The van der Waals surface area contributed by atoms with Gasteiger partial charge in [-0.2, -0.15) is 0 Å². The number of esters is 3. The van der Waals surface area contributed by atoms with Gasteiger partial charge in [0, 0.05) is 19.3 Å². The van der Waals surface area contributed by atoms with Crippen LogP contribution in [0, 0.1) is 0 Å². The second-order valence-electron chi connectivity index (χ2n) is 6.23. The van der Waals surface area contributed by atoms with Crippen LogP contribution in [0.15, 0.2) is 0 Å². The van der Waals surface area contributed by atoms with Crippen molar-refractivity contribution < 1.29 is 33.3 Å². The predicted octanol–water partition coefficient (Wildman–Crippen LogP) is 2.89. The van der Waals surface area contributed by atoms with E-state index in [0.717, 1.165) is 0 Å². The Morgan fingerprint density at radius 2 is 1.32 bits per heavy atom. The van der Waals surface area contributed by atoms with Crippen LogP contribution in [0.5, 0.6) is 0 Å². The molecular formula is C18H30O7. The largest absolute Gasteiger partial charge is 0.458 e. The maximum Gasteiger partial charge on any atom is 0.308 e. The van der Waals surface area contributed by atoms with Crippen LogP contribution in [0.1, 0.15) is 72.6 Å². The average molecular weight is 358 g/mol. The Morgan fingerprint density at radius 1 is 0.840 bits per heavy atom. The summed E-state index contributed by atoms with van der Waals surface area (Å²) in [6.45, 7) is 7.35. The number of carbonyl (C=O) groups is 3. The van der Waals surface area contributed by atoms with Gasteiger partial charge in [-0.05, 0) is 26.2 Å². The second-order valence-corrected chi connectivity index (χ2v) is 6.23. The highest BCUT2D eigenvalue weighted by Gasteiger charge is 2.42. The third kappa shape index (κ3) is 7.42. The topological polar surface area (TPSA) is 88.1 Å². The lowest BCUT2D eigenvalue weighted by atomic mass is 10.0. The van der Waals surface area contributed by atoms with Gasteiger partial charge in [0.1, 0.15) is 6.10 Å². The Labute approximate surface area is 149 Å². The summed E-state index contributed by atoms with van der Waals surface area (Å²) < 4.78 is 21.9. The van der Waals surface area contributed by atoms with E-state index in [9.17, 15) is 14.4 Å². The van der Waals surface area contributed by atoms with Gasteiger partial charge in [0.15, 0.2) is 6.10 Å². The molecule has 144 valence electrons. The van der Waals surface area contributed by atoms with E-state index < -0.39 is 24.6 Å². The van der Waals surface area contributed by atoms with Gasteiger partial charge in [-0.25, -0.2) is 0 Å². The number of ether oxygens (including phenoxy) is 4. The smallest absolute Gasteiger partial charge is 0.308 e. The minimum atomic E-state index is -0.811. The highest BCUT2D eigenvalue weighted by molar-refractivity contribution is 5.71.